The number of aromatic nitrogens is 6. The fourth-order valence-electron chi connectivity index (χ4n) is 16.8. The summed E-state index contributed by atoms with van der Waals surface area (Å²) in [6.45, 7) is 0. The molecule has 4 heterocycles. The largest absolute Gasteiger partial charge is 0.263 e. The van der Waals surface area contributed by atoms with Gasteiger partial charge in [0.15, 0.2) is 11.6 Å². The minimum atomic E-state index is 0.677. The second kappa shape index (κ2) is 29.6. The van der Waals surface area contributed by atoms with E-state index in [1.165, 1.54) is 103 Å². The lowest BCUT2D eigenvalue weighted by atomic mass is 9.92. The predicted octanol–water partition coefficient (Wildman–Crippen LogP) is 29.0. The molecule has 0 aliphatic heterocycles. The number of pyridine rings is 2. The van der Waals surface area contributed by atoms with E-state index < -0.39 is 0 Å². The minimum absolute atomic E-state index is 0.677. The van der Waals surface area contributed by atoms with E-state index in [0.717, 1.165) is 106 Å². The van der Waals surface area contributed by atoms with Crippen molar-refractivity contribution in [3.63, 3.8) is 0 Å². The Labute approximate surface area is 671 Å². The van der Waals surface area contributed by atoms with Crippen molar-refractivity contribution in [2.24, 2.45) is 0 Å². The SMILES string of the molecule is c1cc(-c2ccc3ccccc3c2)cc(-c2cc(-c3ccc(-c4cncc5ccccc45)cc3)nc(-c3ccc(-c4cccc5ccccc45)cc3)n2)c1.c1cc(-c2nc(-c3ccc(-c4cncc5ccccc45)cc3)cc(-c3ccc(-c4cc5ccccc5c5ccccc45)cc3)n2)cc(-c2cc3ccccc3c3ccccc23)c1. The molecule has 0 bridgehead atoms. The molecule has 0 radical (unpaired) electrons. The van der Waals surface area contributed by atoms with Gasteiger partial charge < -0.3 is 0 Å². The van der Waals surface area contributed by atoms with Crippen molar-refractivity contribution in [1.29, 1.82) is 0 Å². The van der Waals surface area contributed by atoms with Gasteiger partial charge in [-0.3, -0.25) is 9.97 Å². The third-order valence-corrected chi connectivity index (χ3v) is 22.7. The molecule has 116 heavy (non-hydrogen) atoms. The molecule has 0 amide bonds. The van der Waals surface area contributed by atoms with Gasteiger partial charge in [0.1, 0.15) is 0 Å². The van der Waals surface area contributed by atoms with Gasteiger partial charge in [-0.25, -0.2) is 19.9 Å². The van der Waals surface area contributed by atoms with E-state index in [4.69, 9.17) is 19.9 Å². The molecule has 0 saturated heterocycles. The van der Waals surface area contributed by atoms with Crippen LogP contribution in [0.4, 0.5) is 0 Å². The monoisotopic (exact) mass is 1470 g/mol. The van der Waals surface area contributed by atoms with E-state index in [0.29, 0.717) is 11.6 Å². The predicted molar refractivity (Wildman–Crippen MR) is 485 cm³/mol. The van der Waals surface area contributed by atoms with E-state index in [-0.39, 0.29) is 0 Å². The summed E-state index contributed by atoms with van der Waals surface area (Å²) in [6.07, 6.45) is 7.74. The Morgan fingerprint density at radius 3 is 0.974 bits per heavy atom. The maximum atomic E-state index is 5.32. The van der Waals surface area contributed by atoms with Gasteiger partial charge in [0, 0.05) is 80.1 Å². The quantitative estimate of drug-likeness (QED) is 0.113. The highest BCUT2D eigenvalue weighted by molar-refractivity contribution is 6.15. The average molecular weight is 1480 g/mol. The molecule has 0 fully saturated rings. The third kappa shape index (κ3) is 13.1. The molecule has 0 N–H and O–H groups in total. The van der Waals surface area contributed by atoms with Crippen molar-refractivity contribution < 1.29 is 0 Å². The van der Waals surface area contributed by atoms with Crippen molar-refractivity contribution in [2.45, 2.75) is 0 Å². The summed E-state index contributed by atoms with van der Waals surface area (Å²) < 4.78 is 0. The lowest BCUT2D eigenvalue weighted by molar-refractivity contribution is 1.18. The van der Waals surface area contributed by atoms with Crippen molar-refractivity contribution in [1.82, 2.24) is 29.9 Å². The second-order valence-corrected chi connectivity index (χ2v) is 29.7. The maximum absolute atomic E-state index is 5.32. The summed E-state index contributed by atoms with van der Waals surface area (Å²) in [7, 11) is 0. The molecule has 0 aliphatic rings. The topological polar surface area (TPSA) is 77.3 Å². The number of hydrogen-bond acceptors (Lipinski definition) is 6. The Hall–Kier alpha value is -15.5. The van der Waals surface area contributed by atoms with Crippen molar-refractivity contribution in [3.8, 4) is 135 Å². The van der Waals surface area contributed by atoms with Crippen LogP contribution in [0.1, 0.15) is 0 Å². The first-order chi connectivity index (χ1) is 57.4. The molecule has 6 nitrogen and oxygen atoms in total. The van der Waals surface area contributed by atoms with Gasteiger partial charge in [-0.05, 0) is 174 Å². The summed E-state index contributed by atoms with van der Waals surface area (Å²) in [4.78, 5) is 30.1. The van der Waals surface area contributed by atoms with Gasteiger partial charge in [0.2, 0.25) is 0 Å². The molecule has 6 heteroatoms. The average Bonchev–Trinajstić information content (AvgIpc) is 0.764. The fraction of sp³-hybridized carbons (Fsp3) is 0. The number of hydrogen-bond donors (Lipinski definition) is 0. The first kappa shape index (κ1) is 68.5. The van der Waals surface area contributed by atoms with Gasteiger partial charge in [0.25, 0.3) is 0 Å². The van der Waals surface area contributed by atoms with Crippen LogP contribution in [0.5, 0.6) is 0 Å². The Morgan fingerprint density at radius 2 is 0.448 bits per heavy atom. The summed E-state index contributed by atoms with van der Waals surface area (Å²) in [5.74, 6) is 1.36. The van der Waals surface area contributed by atoms with Crippen LogP contribution in [-0.4, -0.2) is 29.9 Å². The van der Waals surface area contributed by atoms with Gasteiger partial charge in [-0.2, -0.15) is 0 Å². The van der Waals surface area contributed by atoms with Crippen molar-refractivity contribution in [3.05, 3.63) is 425 Å². The van der Waals surface area contributed by atoms with Gasteiger partial charge in [-0.15, -0.1) is 0 Å². The van der Waals surface area contributed by atoms with Crippen LogP contribution in [-0.2, 0) is 0 Å². The summed E-state index contributed by atoms with van der Waals surface area (Å²) >= 11 is 0. The van der Waals surface area contributed by atoms with Crippen LogP contribution >= 0.6 is 0 Å². The van der Waals surface area contributed by atoms with Crippen LogP contribution in [0, 0.1) is 0 Å². The minimum Gasteiger partial charge on any atom is -0.263 e. The number of benzene rings is 18. The molecular formula is C110H70N6. The third-order valence-electron chi connectivity index (χ3n) is 22.7. The first-order valence-electron chi connectivity index (χ1n) is 39.3. The molecule has 0 unspecified atom stereocenters. The highest BCUT2D eigenvalue weighted by Gasteiger charge is 2.19. The summed E-state index contributed by atoms with van der Waals surface area (Å²) in [5, 5.41) is 19.5. The van der Waals surface area contributed by atoms with E-state index in [2.05, 4.69) is 410 Å². The van der Waals surface area contributed by atoms with Gasteiger partial charge in [-0.1, -0.05) is 358 Å². The molecule has 0 saturated carbocycles. The number of fused-ring (bicyclic) bond motifs is 10. The lowest BCUT2D eigenvalue weighted by Crippen LogP contribution is -1.96. The number of nitrogens with zero attached hydrogens (tertiary/aromatic N) is 6. The maximum Gasteiger partial charge on any atom is 0.160 e. The highest BCUT2D eigenvalue weighted by Crippen LogP contribution is 2.42. The van der Waals surface area contributed by atoms with Crippen molar-refractivity contribution in [2.75, 3.05) is 0 Å². The van der Waals surface area contributed by atoms with Crippen LogP contribution in [0.25, 0.3) is 221 Å². The Kier molecular flexibility index (Phi) is 17.5. The van der Waals surface area contributed by atoms with Crippen LogP contribution < -0.4 is 0 Å². The normalized spacial score (nSPS) is 11.4. The van der Waals surface area contributed by atoms with E-state index in [1.54, 1.807) is 0 Å². The molecule has 0 spiro atoms. The highest BCUT2D eigenvalue weighted by atomic mass is 14.9. The van der Waals surface area contributed by atoms with E-state index in [9.17, 15) is 0 Å². The Morgan fingerprint density at radius 1 is 0.129 bits per heavy atom. The van der Waals surface area contributed by atoms with Crippen LogP contribution in [0.15, 0.2) is 425 Å². The standard InChI is InChI=1S/C59H37N3.C51H33N3/c1-4-17-47-43(12-1)33-54(52-22-9-7-20-50(47)52)38-24-28-40(29-25-38)57-35-58(41-30-26-39(27-31-41)56-37-60-36-46-14-3-6-19-49(46)56)62-59(61-57)45-16-11-15-42(32-45)55-34-44-13-2-5-18-48(44)51-21-8-10-23-53(51)55;1-2-11-40-29-42(28-19-34(40)9-1)41-14-7-15-43(30-41)50-31-49(38-24-20-37(21-25-38)48-33-52-32-44-12-4-6-17-47(44)48)53-51(54-50)39-26-22-36(23-27-39)46-18-8-13-35-10-3-5-16-45(35)46/h1-37H;1-33H. The first-order valence-corrected chi connectivity index (χ1v) is 39.3. The zero-order valence-electron chi connectivity index (χ0n) is 63.1. The van der Waals surface area contributed by atoms with Crippen molar-refractivity contribution >= 4 is 86.2 Å². The van der Waals surface area contributed by atoms with E-state index in [1.807, 2.05) is 24.8 Å². The fourth-order valence-corrected chi connectivity index (χ4v) is 16.8. The summed E-state index contributed by atoms with van der Waals surface area (Å²) in [6, 6.07) is 143. The Balaban J connectivity index is 0.000000146. The molecule has 0 aliphatic carbocycles. The molecule has 22 rings (SSSR count). The van der Waals surface area contributed by atoms with Gasteiger partial charge in [0.05, 0.1) is 22.8 Å². The van der Waals surface area contributed by atoms with Crippen LogP contribution in [0.2, 0.25) is 0 Å². The van der Waals surface area contributed by atoms with E-state index >= 15 is 0 Å². The zero-order valence-corrected chi connectivity index (χ0v) is 63.1. The lowest BCUT2D eigenvalue weighted by Gasteiger charge is -2.14. The molecule has 540 valence electrons. The zero-order chi connectivity index (χ0) is 76.8. The summed E-state index contributed by atoms with van der Waals surface area (Å²) in [5.41, 5.74) is 23.3. The molecule has 18 aromatic carbocycles. The molecule has 22 aromatic rings. The molecular weight excluding hydrogens is 1410 g/mol. The Bertz CT molecular complexity index is 7410. The van der Waals surface area contributed by atoms with Gasteiger partial charge >= 0.3 is 0 Å². The van der Waals surface area contributed by atoms with Crippen LogP contribution in [0.3, 0.4) is 0 Å². The number of rotatable bonds is 12. The molecule has 0 atom stereocenters. The molecule has 4 aromatic heterocycles. The smallest absolute Gasteiger partial charge is 0.160 e. The second-order valence-electron chi connectivity index (χ2n) is 29.7.